The number of benzene rings is 2. The van der Waals surface area contributed by atoms with E-state index in [-0.39, 0.29) is 21.4 Å². The van der Waals surface area contributed by atoms with Gasteiger partial charge in [0.05, 0.1) is 14.8 Å². The van der Waals surface area contributed by atoms with E-state index in [2.05, 4.69) is 0 Å². The highest BCUT2D eigenvalue weighted by Gasteiger charge is 2.30. The molecule has 1 aliphatic heterocycles. The van der Waals surface area contributed by atoms with Gasteiger partial charge in [-0.1, -0.05) is 23.2 Å². The summed E-state index contributed by atoms with van der Waals surface area (Å²) in [6, 6.07) is 8.00. The molecule has 1 saturated heterocycles. The Labute approximate surface area is 160 Å². The second kappa shape index (κ2) is 7.40. The van der Waals surface area contributed by atoms with Crippen LogP contribution >= 0.6 is 23.2 Å². The normalized spacial score (nSPS) is 15.2. The van der Waals surface area contributed by atoms with Gasteiger partial charge in [0.1, 0.15) is 5.75 Å². The number of hydrogen-bond acceptors (Lipinski definition) is 5. The molecule has 0 atom stereocenters. The fourth-order valence-electron chi connectivity index (χ4n) is 2.64. The number of nitro groups is 1. The molecule has 0 aliphatic carbocycles. The van der Waals surface area contributed by atoms with Crippen LogP contribution in [0.4, 0.5) is 5.69 Å². The van der Waals surface area contributed by atoms with E-state index >= 15 is 0 Å². The molecule has 138 valence electrons. The molecule has 0 aromatic heterocycles. The Bertz CT molecular complexity index is 959. The summed E-state index contributed by atoms with van der Waals surface area (Å²) in [6.07, 6.45) is 1.55. The summed E-state index contributed by atoms with van der Waals surface area (Å²) in [7, 11) is -3.77. The quantitative estimate of drug-likeness (QED) is 0.529. The molecule has 1 aliphatic rings. The van der Waals surface area contributed by atoms with Crippen LogP contribution in [-0.4, -0.2) is 30.7 Å². The van der Waals surface area contributed by atoms with E-state index in [4.69, 9.17) is 27.9 Å². The first kappa shape index (κ1) is 18.9. The van der Waals surface area contributed by atoms with Crippen LogP contribution in [0, 0.1) is 10.1 Å². The molecule has 0 amide bonds. The Morgan fingerprint density at radius 1 is 1.04 bits per heavy atom. The first-order valence-corrected chi connectivity index (χ1v) is 9.90. The lowest BCUT2D eigenvalue weighted by Gasteiger charge is -2.16. The van der Waals surface area contributed by atoms with Crippen molar-refractivity contribution < 1.29 is 18.1 Å². The minimum atomic E-state index is -3.77. The molecule has 10 heteroatoms. The number of hydrogen-bond donors (Lipinski definition) is 0. The summed E-state index contributed by atoms with van der Waals surface area (Å²) in [5.74, 6) is 0.0638. The van der Waals surface area contributed by atoms with Crippen LogP contribution in [-0.2, 0) is 10.0 Å². The van der Waals surface area contributed by atoms with Gasteiger partial charge in [-0.2, -0.15) is 4.31 Å². The van der Waals surface area contributed by atoms with E-state index in [1.54, 1.807) is 0 Å². The first-order chi connectivity index (χ1) is 12.3. The molecule has 0 spiro atoms. The lowest BCUT2D eigenvalue weighted by Crippen LogP contribution is -2.27. The van der Waals surface area contributed by atoms with Crippen molar-refractivity contribution in [2.24, 2.45) is 0 Å². The van der Waals surface area contributed by atoms with Crippen LogP contribution in [0.5, 0.6) is 11.5 Å². The second-order valence-corrected chi connectivity index (χ2v) is 8.46. The molecular formula is C16H14Cl2N2O5S. The largest absolute Gasteiger partial charge is 0.449 e. The van der Waals surface area contributed by atoms with Crippen molar-refractivity contribution in [1.29, 1.82) is 0 Å². The van der Waals surface area contributed by atoms with E-state index in [9.17, 15) is 18.5 Å². The smallest absolute Gasteiger partial charge is 0.312 e. The van der Waals surface area contributed by atoms with Gasteiger partial charge in [-0.3, -0.25) is 10.1 Å². The van der Waals surface area contributed by atoms with Crippen molar-refractivity contribution in [2.75, 3.05) is 13.1 Å². The van der Waals surface area contributed by atoms with Crippen LogP contribution in [0.1, 0.15) is 12.8 Å². The molecule has 0 saturated carbocycles. The van der Waals surface area contributed by atoms with Gasteiger partial charge < -0.3 is 4.74 Å². The fraction of sp³-hybridized carbons (Fsp3) is 0.250. The zero-order valence-corrected chi connectivity index (χ0v) is 15.7. The maximum Gasteiger partial charge on any atom is 0.312 e. The average molecular weight is 417 g/mol. The molecule has 0 unspecified atom stereocenters. The van der Waals surface area contributed by atoms with Gasteiger partial charge in [-0.05, 0) is 43.2 Å². The van der Waals surface area contributed by atoms with Crippen LogP contribution < -0.4 is 4.74 Å². The van der Waals surface area contributed by atoms with E-state index in [1.807, 2.05) is 0 Å². The number of halogens is 2. The van der Waals surface area contributed by atoms with Gasteiger partial charge in [-0.15, -0.1) is 0 Å². The number of ether oxygens (including phenoxy) is 1. The highest BCUT2D eigenvalue weighted by Crippen LogP contribution is 2.37. The lowest BCUT2D eigenvalue weighted by molar-refractivity contribution is -0.385. The summed E-state index contributed by atoms with van der Waals surface area (Å²) in [5, 5.41) is 12.0. The Morgan fingerprint density at radius 3 is 2.31 bits per heavy atom. The molecule has 7 nitrogen and oxygen atoms in total. The average Bonchev–Trinajstić information content (AvgIpc) is 3.12. The molecule has 3 rings (SSSR count). The van der Waals surface area contributed by atoms with Gasteiger partial charge in [-0.25, -0.2) is 8.42 Å². The van der Waals surface area contributed by atoms with Crippen LogP contribution in [0.2, 0.25) is 10.0 Å². The topological polar surface area (TPSA) is 89.8 Å². The van der Waals surface area contributed by atoms with Crippen LogP contribution in [0.25, 0.3) is 0 Å². The molecule has 1 heterocycles. The molecule has 1 fully saturated rings. The third-order valence-corrected chi connectivity index (χ3v) is 6.37. The second-order valence-electron chi connectivity index (χ2n) is 5.67. The Hall–Kier alpha value is -1.87. The zero-order chi connectivity index (χ0) is 18.9. The summed E-state index contributed by atoms with van der Waals surface area (Å²) in [4.78, 5) is 10.6. The minimum Gasteiger partial charge on any atom is -0.449 e. The molecule has 26 heavy (non-hydrogen) atoms. The standard InChI is InChI=1S/C16H14Cl2N2O5S/c17-11-3-5-15(13(18)9-11)25-16-6-4-12(10-14(16)20(21)22)26(23,24)19-7-1-2-8-19/h3-6,9-10H,1-2,7-8H2. The maximum atomic E-state index is 12.6. The fourth-order valence-corrected chi connectivity index (χ4v) is 4.63. The maximum absolute atomic E-state index is 12.6. The van der Waals surface area contributed by atoms with Gasteiger partial charge in [0.25, 0.3) is 0 Å². The minimum absolute atomic E-state index is 0.111. The van der Waals surface area contributed by atoms with Crippen molar-refractivity contribution in [3.05, 3.63) is 56.6 Å². The molecule has 0 N–H and O–H groups in total. The summed E-state index contributed by atoms with van der Waals surface area (Å²) < 4.78 is 32.0. The molecular weight excluding hydrogens is 403 g/mol. The van der Waals surface area contributed by atoms with Crippen molar-refractivity contribution in [2.45, 2.75) is 17.7 Å². The van der Waals surface area contributed by atoms with Crippen LogP contribution in [0.15, 0.2) is 41.3 Å². The van der Waals surface area contributed by atoms with Crippen molar-refractivity contribution in [3.63, 3.8) is 0 Å². The molecule has 0 bridgehead atoms. The predicted molar refractivity (Wildman–Crippen MR) is 97.6 cm³/mol. The Kier molecular flexibility index (Phi) is 5.38. The number of sulfonamides is 1. The first-order valence-electron chi connectivity index (χ1n) is 7.70. The summed E-state index contributed by atoms with van der Waals surface area (Å²) in [6.45, 7) is 0.823. The lowest BCUT2D eigenvalue weighted by atomic mass is 10.3. The van der Waals surface area contributed by atoms with E-state index in [1.165, 1.54) is 34.6 Å². The van der Waals surface area contributed by atoms with Gasteiger partial charge >= 0.3 is 5.69 Å². The SMILES string of the molecule is O=[N+]([O-])c1cc(S(=O)(=O)N2CCCC2)ccc1Oc1ccc(Cl)cc1Cl. The van der Waals surface area contributed by atoms with E-state index in [0.29, 0.717) is 18.1 Å². The summed E-state index contributed by atoms with van der Waals surface area (Å²) >= 11 is 11.8. The Morgan fingerprint density at radius 2 is 1.69 bits per heavy atom. The number of nitrogens with zero attached hydrogens (tertiary/aromatic N) is 2. The van der Waals surface area contributed by atoms with Crippen LogP contribution in [0.3, 0.4) is 0 Å². The summed E-state index contributed by atoms with van der Waals surface area (Å²) in [5.41, 5.74) is -0.462. The van der Waals surface area contributed by atoms with E-state index in [0.717, 1.165) is 18.9 Å². The monoisotopic (exact) mass is 416 g/mol. The van der Waals surface area contributed by atoms with Gasteiger partial charge in [0, 0.05) is 24.2 Å². The van der Waals surface area contributed by atoms with Crippen molar-refractivity contribution >= 4 is 38.9 Å². The van der Waals surface area contributed by atoms with Gasteiger partial charge in [0.2, 0.25) is 15.8 Å². The number of nitro benzene ring substituents is 1. The third kappa shape index (κ3) is 3.78. The third-order valence-electron chi connectivity index (χ3n) is 3.94. The van der Waals surface area contributed by atoms with Gasteiger partial charge in [0.15, 0.2) is 0 Å². The Balaban J connectivity index is 1.98. The van der Waals surface area contributed by atoms with E-state index < -0.39 is 20.6 Å². The highest BCUT2D eigenvalue weighted by atomic mass is 35.5. The van der Waals surface area contributed by atoms with Crippen molar-refractivity contribution in [3.8, 4) is 11.5 Å². The molecule has 2 aromatic rings. The number of rotatable bonds is 5. The highest BCUT2D eigenvalue weighted by molar-refractivity contribution is 7.89. The zero-order valence-electron chi connectivity index (χ0n) is 13.4. The molecule has 2 aromatic carbocycles. The molecule has 0 radical (unpaired) electrons. The van der Waals surface area contributed by atoms with Crippen molar-refractivity contribution in [1.82, 2.24) is 4.31 Å². The predicted octanol–water partition coefficient (Wildman–Crippen LogP) is 4.48.